The lowest BCUT2D eigenvalue weighted by atomic mass is 9.97. The third-order valence-electron chi connectivity index (χ3n) is 3.95. The molecule has 1 aromatic rings. The number of aromatic nitrogens is 1. The average molecular weight is 349 g/mol. The van der Waals surface area contributed by atoms with E-state index in [0.717, 1.165) is 31.9 Å². The van der Waals surface area contributed by atoms with Crippen molar-refractivity contribution in [2.45, 2.75) is 51.7 Å². The summed E-state index contributed by atoms with van der Waals surface area (Å²) in [6.45, 7) is 5.10. The Morgan fingerprint density at radius 2 is 2.30 bits per heavy atom. The van der Waals surface area contributed by atoms with Gasteiger partial charge in [-0.05, 0) is 26.2 Å². The molecule has 8 heteroatoms. The third-order valence-corrected chi connectivity index (χ3v) is 5.05. The first kappa shape index (κ1) is 18.0. The molecule has 23 heavy (non-hydrogen) atoms. The Morgan fingerprint density at radius 3 is 2.91 bits per heavy atom. The molecule has 0 radical (unpaired) electrons. The van der Waals surface area contributed by atoms with E-state index in [0.29, 0.717) is 29.6 Å². The normalized spacial score (nSPS) is 20.4. The van der Waals surface area contributed by atoms with Crippen molar-refractivity contribution >= 4 is 22.4 Å². The highest BCUT2D eigenvalue weighted by Crippen LogP contribution is 2.37. The van der Waals surface area contributed by atoms with E-state index in [9.17, 15) is 18.0 Å². The molecule has 2 rings (SSSR count). The topological polar surface area (TPSA) is 45.2 Å². The molecule has 1 aromatic heterocycles. The summed E-state index contributed by atoms with van der Waals surface area (Å²) in [5.74, 6) is -0.204. The maximum absolute atomic E-state index is 12.7. The molecule has 2 heterocycles. The lowest BCUT2D eigenvalue weighted by Gasteiger charge is -2.32. The number of hydrogen-bond donors (Lipinski definition) is 1. The van der Waals surface area contributed by atoms with Crippen molar-refractivity contribution in [1.82, 2.24) is 10.3 Å². The van der Waals surface area contributed by atoms with Crippen molar-refractivity contribution in [3.8, 4) is 0 Å². The first-order valence-corrected chi connectivity index (χ1v) is 8.71. The average Bonchev–Trinajstić information content (AvgIpc) is 2.97. The molecule has 0 spiro atoms. The predicted octanol–water partition coefficient (Wildman–Crippen LogP) is 3.68. The lowest BCUT2D eigenvalue weighted by molar-refractivity contribution is -0.134. The molecule has 0 aromatic carbocycles. The van der Waals surface area contributed by atoms with Crippen LogP contribution in [0.25, 0.3) is 0 Å². The minimum atomic E-state index is -4.36. The maximum atomic E-state index is 12.7. The Morgan fingerprint density at radius 1 is 1.57 bits per heavy atom. The van der Waals surface area contributed by atoms with Crippen LogP contribution in [0.4, 0.5) is 18.3 Å². The van der Waals surface area contributed by atoms with Crippen LogP contribution in [0.1, 0.15) is 44.4 Å². The number of carbonyl (C=O) groups excluding carboxylic acids is 1. The van der Waals surface area contributed by atoms with Crippen molar-refractivity contribution in [3.05, 3.63) is 11.1 Å². The molecule has 2 unspecified atom stereocenters. The Hall–Kier alpha value is -1.31. The van der Waals surface area contributed by atoms with Gasteiger partial charge in [-0.1, -0.05) is 24.7 Å². The quantitative estimate of drug-likeness (QED) is 0.882. The molecule has 1 fully saturated rings. The van der Waals surface area contributed by atoms with Gasteiger partial charge in [-0.15, -0.1) is 0 Å². The van der Waals surface area contributed by atoms with Gasteiger partial charge in [-0.3, -0.25) is 4.79 Å². The van der Waals surface area contributed by atoms with Crippen LogP contribution in [0, 0.1) is 5.92 Å². The first-order chi connectivity index (χ1) is 10.8. The Balaban J connectivity index is 1.98. The van der Waals surface area contributed by atoms with Gasteiger partial charge < -0.3 is 10.2 Å². The number of carbonyl (C=O) groups is 1. The summed E-state index contributed by atoms with van der Waals surface area (Å²) < 4.78 is 38.0. The molecule has 4 nitrogen and oxygen atoms in total. The van der Waals surface area contributed by atoms with Crippen LogP contribution in [0.3, 0.4) is 0 Å². The van der Waals surface area contributed by atoms with E-state index >= 15 is 0 Å². The van der Waals surface area contributed by atoms with Crippen LogP contribution >= 0.6 is 11.3 Å². The summed E-state index contributed by atoms with van der Waals surface area (Å²) >= 11 is 0.640. The first-order valence-electron chi connectivity index (χ1n) is 7.89. The standard InChI is InChI=1S/C15H22F3N3OS/c1-3-5-10(2)20-13(22)11-6-4-7-21(9-11)14-19-8-12(23-14)15(16,17)18/h8,10-11H,3-7,9H2,1-2H3,(H,20,22). The third kappa shape index (κ3) is 4.83. The molecule has 1 amide bonds. The minimum absolute atomic E-state index is 0.0109. The molecule has 2 atom stereocenters. The van der Waals surface area contributed by atoms with E-state index in [1.54, 1.807) is 4.90 Å². The van der Waals surface area contributed by atoms with E-state index in [-0.39, 0.29) is 17.9 Å². The number of rotatable bonds is 5. The highest BCUT2D eigenvalue weighted by Gasteiger charge is 2.35. The minimum Gasteiger partial charge on any atom is -0.353 e. The van der Waals surface area contributed by atoms with Crippen LogP contribution in [-0.2, 0) is 11.0 Å². The maximum Gasteiger partial charge on any atom is 0.427 e. The van der Waals surface area contributed by atoms with Crippen LogP contribution in [0.15, 0.2) is 6.20 Å². The fraction of sp³-hybridized carbons (Fsp3) is 0.733. The number of nitrogens with zero attached hydrogens (tertiary/aromatic N) is 2. The van der Waals surface area contributed by atoms with E-state index in [2.05, 4.69) is 17.2 Å². The van der Waals surface area contributed by atoms with Crippen molar-refractivity contribution in [3.63, 3.8) is 0 Å². The Kier molecular flexibility index (Phi) is 5.89. The zero-order valence-corrected chi connectivity index (χ0v) is 14.1. The number of alkyl halides is 3. The van der Waals surface area contributed by atoms with E-state index in [1.807, 2.05) is 6.92 Å². The van der Waals surface area contributed by atoms with Crippen molar-refractivity contribution in [2.75, 3.05) is 18.0 Å². The Labute approximate surface area is 138 Å². The number of amides is 1. The van der Waals surface area contributed by atoms with Crippen LogP contribution in [-0.4, -0.2) is 30.0 Å². The summed E-state index contributed by atoms with van der Waals surface area (Å²) in [6, 6.07) is 0.125. The number of piperidine rings is 1. The molecule has 1 N–H and O–H groups in total. The van der Waals surface area contributed by atoms with Gasteiger partial charge in [0, 0.05) is 19.1 Å². The summed E-state index contributed by atoms with van der Waals surface area (Å²) in [4.78, 5) is 17.3. The van der Waals surface area contributed by atoms with Gasteiger partial charge in [0.15, 0.2) is 5.13 Å². The number of halogens is 3. The summed E-state index contributed by atoms with van der Waals surface area (Å²) in [5, 5.41) is 3.33. The zero-order valence-electron chi connectivity index (χ0n) is 13.3. The molecular weight excluding hydrogens is 327 g/mol. The van der Waals surface area contributed by atoms with Gasteiger partial charge >= 0.3 is 6.18 Å². The largest absolute Gasteiger partial charge is 0.427 e. The van der Waals surface area contributed by atoms with Gasteiger partial charge in [0.05, 0.1) is 12.1 Å². The smallest absolute Gasteiger partial charge is 0.353 e. The molecule has 1 aliphatic rings. The van der Waals surface area contributed by atoms with E-state index < -0.39 is 11.1 Å². The highest BCUT2D eigenvalue weighted by molar-refractivity contribution is 7.15. The fourth-order valence-corrected chi connectivity index (χ4v) is 3.59. The summed E-state index contributed by atoms with van der Waals surface area (Å²) in [7, 11) is 0. The highest BCUT2D eigenvalue weighted by atomic mass is 32.1. The monoisotopic (exact) mass is 349 g/mol. The Bertz CT molecular complexity index is 532. The van der Waals surface area contributed by atoms with Gasteiger partial charge in [-0.25, -0.2) is 4.98 Å². The summed E-state index contributed by atoms with van der Waals surface area (Å²) in [5.41, 5.74) is 0. The molecular formula is C15H22F3N3OS. The van der Waals surface area contributed by atoms with Crippen molar-refractivity contribution < 1.29 is 18.0 Å². The molecule has 0 aliphatic carbocycles. The molecule has 130 valence electrons. The van der Waals surface area contributed by atoms with Gasteiger partial charge in [-0.2, -0.15) is 13.2 Å². The van der Waals surface area contributed by atoms with Crippen molar-refractivity contribution in [1.29, 1.82) is 0 Å². The molecule has 1 aliphatic heterocycles. The second-order valence-electron chi connectivity index (χ2n) is 5.99. The fourth-order valence-electron chi connectivity index (χ4n) is 2.77. The van der Waals surface area contributed by atoms with Gasteiger partial charge in [0.25, 0.3) is 0 Å². The molecule has 0 bridgehead atoms. The van der Waals surface area contributed by atoms with E-state index in [4.69, 9.17) is 0 Å². The number of thiazole rings is 1. The number of hydrogen-bond acceptors (Lipinski definition) is 4. The summed E-state index contributed by atoms with van der Waals surface area (Å²) in [6.07, 6.45) is -0.0356. The zero-order chi connectivity index (χ0) is 17.0. The lowest BCUT2D eigenvalue weighted by Crippen LogP contribution is -2.45. The van der Waals surface area contributed by atoms with Crippen LogP contribution in [0.2, 0.25) is 0 Å². The van der Waals surface area contributed by atoms with E-state index in [1.165, 1.54) is 0 Å². The van der Waals surface area contributed by atoms with Gasteiger partial charge in [0.1, 0.15) is 4.88 Å². The molecule has 1 saturated heterocycles. The second kappa shape index (κ2) is 7.51. The number of anilines is 1. The van der Waals surface area contributed by atoms with Crippen LogP contribution < -0.4 is 10.2 Å². The van der Waals surface area contributed by atoms with Crippen molar-refractivity contribution in [2.24, 2.45) is 5.92 Å². The van der Waals surface area contributed by atoms with Crippen LogP contribution in [0.5, 0.6) is 0 Å². The SMILES string of the molecule is CCCC(C)NC(=O)C1CCCN(c2ncc(C(F)(F)F)s2)C1. The molecule has 0 saturated carbocycles. The predicted molar refractivity (Wildman–Crippen MR) is 84.6 cm³/mol. The van der Waals surface area contributed by atoms with Gasteiger partial charge in [0.2, 0.25) is 5.91 Å². The second-order valence-corrected chi connectivity index (χ2v) is 7.00. The number of nitrogens with one attached hydrogen (secondary N) is 1.